The third-order valence-corrected chi connectivity index (χ3v) is 4.85. The molecule has 3 rings (SSSR count). The molecule has 1 saturated heterocycles. The molecule has 2 aliphatic carbocycles. The summed E-state index contributed by atoms with van der Waals surface area (Å²) in [6, 6.07) is 0. The van der Waals surface area contributed by atoms with Gasteiger partial charge in [0, 0.05) is 32.1 Å². The topological polar surface area (TPSA) is 35.6 Å². The van der Waals surface area contributed by atoms with Crippen molar-refractivity contribution in [2.75, 3.05) is 33.2 Å². The molecule has 0 aromatic carbocycles. The van der Waals surface area contributed by atoms with Crippen molar-refractivity contribution >= 4 is 5.91 Å². The van der Waals surface area contributed by atoms with Gasteiger partial charge in [-0.3, -0.25) is 10.2 Å². The SMILES string of the molecule is CN1CCN(NC(=O)[C@@H]2C[C@@H]3CC[C@@H]2C3)CC1. The Morgan fingerprint density at radius 3 is 2.47 bits per heavy atom. The zero-order valence-electron chi connectivity index (χ0n) is 10.7. The van der Waals surface area contributed by atoms with Gasteiger partial charge in [0.05, 0.1) is 0 Å². The van der Waals surface area contributed by atoms with Crippen LogP contribution < -0.4 is 5.43 Å². The number of carbonyl (C=O) groups is 1. The molecule has 1 aliphatic heterocycles. The number of likely N-dealkylation sites (N-methyl/N-ethyl adjacent to an activating group) is 1. The van der Waals surface area contributed by atoms with Gasteiger partial charge in [0.2, 0.25) is 5.91 Å². The van der Waals surface area contributed by atoms with E-state index in [1.165, 1.54) is 19.3 Å². The summed E-state index contributed by atoms with van der Waals surface area (Å²) in [5.74, 6) is 2.14. The van der Waals surface area contributed by atoms with Gasteiger partial charge in [-0.1, -0.05) is 6.42 Å². The highest BCUT2D eigenvalue weighted by atomic mass is 16.2. The summed E-state index contributed by atoms with van der Waals surface area (Å²) in [6.45, 7) is 4.03. The van der Waals surface area contributed by atoms with Crippen LogP contribution in [-0.2, 0) is 4.79 Å². The molecule has 0 aromatic heterocycles. The summed E-state index contributed by atoms with van der Waals surface area (Å²) in [7, 11) is 2.13. The van der Waals surface area contributed by atoms with E-state index >= 15 is 0 Å². The Bertz CT molecular complexity index is 299. The molecule has 0 spiro atoms. The summed E-state index contributed by atoms with van der Waals surface area (Å²) < 4.78 is 0. The Hall–Kier alpha value is -0.610. The maximum Gasteiger partial charge on any atom is 0.237 e. The minimum atomic E-state index is 0.293. The molecule has 96 valence electrons. The second-order valence-electron chi connectivity index (χ2n) is 6.05. The second kappa shape index (κ2) is 4.58. The monoisotopic (exact) mass is 237 g/mol. The molecular formula is C13H23N3O. The Kier molecular flexibility index (Phi) is 3.09. The van der Waals surface area contributed by atoms with Gasteiger partial charge in [0.1, 0.15) is 0 Å². The molecule has 1 amide bonds. The van der Waals surface area contributed by atoms with Crippen LogP contribution in [0.25, 0.3) is 0 Å². The van der Waals surface area contributed by atoms with Crippen molar-refractivity contribution in [2.24, 2.45) is 17.8 Å². The van der Waals surface area contributed by atoms with Crippen LogP contribution in [0.1, 0.15) is 25.7 Å². The first-order chi connectivity index (χ1) is 8.22. The van der Waals surface area contributed by atoms with Crippen molar-refractivity contribution in [1.82, 2.24) is 15.3 Å². The van der Waals surface area contributed by atoms with Crippen molar-refractivity contribution in [3.8, 4) is 0 Å². The lowest BCUT2D eigenvalue weighted by atomic mass is 9.88. The van der Waals surface area contributed by atoms with Gasteiger partial charge < -0.3 is 4.90 Å². The van der Waals surface area contributed by atoms with Crippen LogP contribution in [0.4, 0.5) is 0 Å². The molecule has 0 unspecified atom stereocenters. The number of hydrogen-bond acceptors (Lipinski definition) is 3. The van der Waals surface area contributed by atoms with Gasteiger partial charge in [0.15, 0.2) is 0 Å². The first kappa shape index (κ1) is 11.5. The van der Waals surface area contributed by atoms with E-state index in [0.717, 1.165) is 38.5 Å². The predicted molar refractivity (Wildman–Crippen MR) is 66.2 cm³/mol. The van der Waals surface area contributed by atoms with E-state index in [-0.39, 0.29) is 0 Å². The summed E-state index contributed by atoms with van der Waals surface area (Å²) in [6.07, 6.45) is 5.10. The number of amides is 1. The first-order valence-corrected chi connectivity index (χ1v) is 6.96. The van der Waals surface area contributed by atoms with E-state index in [0.29, 0.717) is 17.7 Å². The van der Waals surface area contributed by atoms with Gasteiger partial charge >= 0.3 is 0 Å². The number of nitrogens with one attached hydrogen (secondary N) is 1. The Morgan fingerprint density at radius 1 is 1.12 bits per heavy atom. The number of nitrogens with zero attached hydrogens (tertiary/aromatic N) is 2. The highest BCUT2D eigenvalue weighted by Gasteiger charge is 2.43. The van der Waals surface area contributed by atoms with E-state index < -0.39 is 0 Å². The maximum atomic E-state index is 12.2. The molecule has 4 nitrogen and oxygen atoms in total. The molecule has 0 aromatic rings. The average Bonchev–Trinajstić information content (AvgIpc) is 2.94. The molecule has 1 N–H and O–H groups in total. The Labute approximate surface area is 103 Å². The van der Waals surface area contributed by atoms with Crippen LogP contribution in [0.3, 0.4) is 0 Å². The minimum absolute atomic E-state index is 0.293. The smallest absolute Gasteiger partial charge is 0.237 e. The van der Waals surface area contributed by atoms with Crippen LogP contribution in [-0.4, -0.2) is 49.0 Å². The minimum Gasteiger partial charge on any atom is -0.304 e. The summed E-state index contributed by atoms with van der Waals surface area (Å²) in [5.41, 5.74) is 3.13. The Morgan fingerprint density at radius 2 is 1.88 bits per heavy atom. The predicted octanol–water partition coefficient (Wildman–Crippen LogP) is 0.701. The molecule has 1 heterocycles. The fourth-order valence-corrected chi connectivity index (χ4v) is 3.72. The van der Waals surface area contributed by atoms with Crippen molar-refractivity contribution in [3.63, 3.8) is 0 Å². The molecule has 3 fully saturated rings. The van der Waals surface area contributed by atoms with Gasteiger partial charge in [-0.25, -0.2) is 5.01 Å². The fourth-order valence-electron chi connectivity index (χ4n) is 3.72. The van der Waals surface area contributed by atoms with E-state index in [9.17, 15) is 4.79 Å². The lowest BCUT2D eigenvalue weighted by molar-refractivity contribution is -0.132. The number of hydrazine groups is 1. The van der Waals surface area contributed by atoms with Crippen LogP contribution in [0.5, 0.6) is 0 Å². The van der Waals surface area contributed by atoms with Crippen LogP contribution in [0.2, 0.25) is 0 Å². The summed E-state index contributed by atoms with van der Waals surface area (Å²) >= 11 is 0. The molecule has 2 bridgehead atoms. The standard InChI is InChI=1S/C13H23N3O/c1-15-4-6-16(7-5-15)14-13(17)12-9-10-2-3-11(12)8-10/h10-12H,2-9H2,1H3,(H,14,17)/t10-,11-,12-/m1/s1. The third-order valence-electron chi connectivity index (χ3n) is 4.85. The van der Waals surface area contributed by atoms with Gasteiger partial charge in [-0.2, -0.15) is 0 Å². The van der Waals surface area contributed by atoms with E-state index in [2.05, 4.69) is 22.4 Å². The quantitative estimate of drug-likeness (QED) is 0.768. The van der Waals surface area contributed by atoms with E-state index in [1.807, 2.05) is 0 Å². The molecular weight excluding hydrogens is 214 g/mol. The molecule has 3 atom stereocenters. The van der Waals surface area contributed by atoms with Crippen molar-refractivity contribution in [1.29, 1.82) is 0 Å². The Balaban J connectivity index is 1.50. The van der Waals surface area contributed by atoms with Crippen LogP contribution in [0.15, 0.2) is 0 Å². The number of rotatable bonds is 2. The van der Waals surface area contributed by atoms with E-state index in [1.54, 1.807) is 0 Å². The van der Waals surface area contributed by atoms with Crippen LogP contribution >= 0.6 is 0 Å². The number of hydrogen-bond donors (Lipinski definition) is 1. The highest BCUT2D eigenvalue weighted by molar-refractivity contribution is 5.79. The lowest BCUT2D eigenvalue weighted by Gasteiger charge is -2.33. The number of piperazine rings is 1. The zero-order valence-corrected chi connectivity index (χ0v) is 10.7. The third kappa shape index (κ3) is 2.33. The fraction of sp³-hybridized carbons (Fsp3) is 0.923. The maximum absolute atomic E-state index is 12.2. The second-order valence-corrected chi connectivity index (χ2v) is 6.05. The molecule has 0 radical (unpaired) electrons. The van der Waals surface area contributed by atoms with Gasteiger partial charge in [-0.05, 0) is 38.1 Å². The average molecular weight is 237 g/mol. The van der Waals surface area contributed by atoms with Crippen molar-refractivity contribution < 1.29 is 4.79 Å². The number of fused-ring (bicyclic) bond motifs is 2. The van der Waals surface area contributed by atoms with Crippen LogP contribution in [0, 0.1) is 17.8 Å². The lowest BCUT2D eigenvalue weighted by Crippen LogP contribution is -2.54. The van der Waals surface area contributed by atoms with E-state index in [4.69, 9.17) is 0 Å². The molecule has 4 heteroatoms. The summed E-state index contributed by atoms with van der Waals surface area (Å²) in [4.78, 5) is 14.5. The normalized spacial score (nSPS) is 38.5. The zero-order chi connectivity index (χ0) is 11.8. The molecule has 17 heavy (non-hydrogen) atoms. The van der Waals surface area contributed by atoms with Crippen molar-refractivity contribution in [2.45, 2.75) is 25.7 Å². The van der Waals surface area contributed by atoms with Gasteiger partial charge in [-0.15, -0.1) is 0 Å². The summed E-state index contributed by atoms with van der Waals surface area (Å²) in [5, 5.41) is 2.11. The largest absolute Gasteiger partial charge is 0.304 e. The number of carbonyl (C=O) groups excluding carboxylic acids is 1. The van der Waals surface area contributed by atoms with Crippen molar-refractivity contribution in [3.05, 3.63) is 0 Å². The van der Waals surface area contributed by atoms with Gasteiger partial charge in [0.25, 0.3) is 0 Å². The molecule has 2 saturated carbocycles. The highest BCUT2D eigenvalue weighted by Crippen LogP contribution is 2.48. The molecule has 3 aliphatic rings. The first-order valence-electron chi connectivity index (χ1n) is 6.96.